The third kappa shape index (κ3) is 9.72. The summed E-state index contributed by atoms with van der Waals surface area (Å²) < 4.78 is 21.0. The van der Waals surface area contributed by atoms with Crippen molar-refractivity contribution in [2.45, 2.75) is 104 Å². The number of nitrogens with zero attached hydrogens (tertiary/aromatic N) is 1. The van der Waals surface area contributed by atoms with Gasteiger partial charge in [-0.15, -0.1) is 30.1 Å². The van der Waals surface area contributed by atoms with Gasteiger partial charge in [-0.3, -0.25) is 0 Å². The summed E-state index contributed by atoms with van der Waals surface area (Å²) in [5.74, 6) is 2.02. The number of hydrogen-bond donors (Lipinski definition) is 2. The number of benzene rings is 3. The average Bonchev–Trinajstić information content (AvgIpc) is 3.75. The molecular formula is C47H59NO6S2. The molecule has 1 heterocycles. The first-order valence-electron chi connectivity index (χ1n) is 20.8. The van der Waals surface area contributed by atoms with Crippen molar-refractivity contribution in [3.63, 3.8) is 0 Å². The van der Waals surface area contributed by atoms with Gasteiger partial charge in [0.1, 0.15) is 18.1 Å². The highest BCUT2D eigenvalue weighted by Gasteiger charge is 2.64. The van der Waals surface area contributed by atoms with Crippen molar-refractivity contribution >= 4 is 29.2 Å². The van der Waals surface area contributed by atoms with Gasteiger partial charge in [0.05, 0.1) is 30.1 Å². The van der Waals surface area contributed by atoms with Gasteiger partial charge in [-0.05, 0) is 91.8 Å². The Morgan fingerprint density at radius 3 is 2.41 bits per heavy atom. The summed E-state index contributed by atoms with van der Waals surface area (Å²) >= 11 is 3.83. The van der Waals surface area contributed by atoms with Crippen LogP contribution < -0.4 is 9.47 Å². The number of aliphatic hydroxyl groups excluding tert-OH is 2. The zero-order chi connectivity index (χ0) is 38.6. The van der Waals surface area contributed by atoms with Crippen LogP contribution in [-0.4, -0.2) is 64.4 Å². The maximum absolute atomic E-state index is 9.94. The van der Waals surface area contributed by atoms with E-state index in [9.17, 15) is 10.2 Å². The summed E-state index contributed by atoms with van der Waals surface area (Å²) in [5.41, 5.74) is 4.39. The number of ether oxygens (including phenoxy) is 3. The third-order valence-corrected chi connectivity index (χ3v) is 14.5. The molecule has 7 nitrogen and oxygen atoms in total. The number of fused-ring (bicyclic) bond motifs is 2. The van der Waals surface area contributed by atoms with E-state index in [0.29, 0.717) is 31.5 Å². The van der Waals surface area contributed by atoms with Crippen LogP contribution >= 0.6 is 23.5 Å². The molecule has 0 spiro atoms. The molecule has 3 aromatic carbocycles. The first kappa shape index (κ1) is 41.0. The van der Waals surface area contributed by atoms with Gasteiger partial charge in [0, 0.05) is 47.0 Å². The molecule has 0 aromatic heterocycles. The molecule has 0 unspecified atom stereocenters. The molecule has 2 saturated carbocycles. The van der Waals surface area contributed by atoms with Crippen molar-refractivity contribution in [3.8, 4) is 11.5 Å². The lowest BCUT2D eigenvalue weighted by atomic mass is 9.56. The normalized spacial score (nSPS) is 26.2. The van der Waals surface area contributed by atoms with Gasteiger partial charge in [0.25, 0.3) is 0 Å². The topological polar surface area (TPSA) is 89.7 Å². The molecule has 1 aliphatic heterocycles. The molecule has 2 fully saturated rings. The fourth-order valence-corrected chi connectivity index (χ4v) is 11.9. The molecule has 3 aromatic rings. The Morgan fingerprint density at radius 1 is 0.911 bits per heavy atom. The van der Waals surface area contributed by atoms with Crippen molar-refractivity contribution in [2.24, 2.45) is 22.9 Å². The Bertz CT molecular complexity index is 1750. The summed E-state index contributed by atoms with van der Waals surface area (Å²) in [6.45, 7) is 5.81. The largest absolute Gasteiger partial charge is 0.493 e. The van der Waals surface area contributed by atoms with Crippen LogP contribution in [0.1, 0.15) is 87.7 Å². The molecule has 9 heteroatoms. The van der Waals surface area contributed by atoms with Gasteiger partial charge in [0.2, 0.25) is 5.79 Å². The van der Waals surface area contributed by atoms with E-state index < -0.39 is 5.79 Å². The van der Waals surface area contributed by atoms with Crippen LogP contribution in [0.2, 0.25) is 0 Å². The minimum absolute atomic E-state index is 0.0163. The maximum atomic E-state index is 9.94. The highest BCUT2D eigenvalue weighted by atomic mass is 32.2. The molecule has 6 atom stereocenters. The third-order valence-electron chi connectivity index (χ3n) is 11.9. The van der Waals surface area contributed by atoms with E-state index in [0.717, 1.165) is 72.6 Å². The van der Waals surface area contributed by atoms with Gasteiger partial charge < -0.3 is 29.3 Å². The number of unbranched alkanes of at least 4 members (excludes halogenated alkanes) is 2. The molecule has 7 rings (SSSR count). The number of aliphatic hydroxyl groups is 2. The smallest absolute Gasteiger partial charge is 0.230 e. The highest BCUT2D eigenvalue weighted by Crippen LogP contribution is 2.63. The summed E-state index contributed by atoms with van der Waals surface area (Å²) in [4.78, 5) is 7.47. The Kier molecular flexibility index (Phi) is 15.0. The van der Waals surface area contributed by atoms with Crippen molar-refractivity contribution < 1.29 is 29.3 Å². The van der Waals surface area contributed by atoms with Crippen LogP contribution in [0.4, 0.5) is 0 Å². The number of rotatable bonds is 21. The van der Waals surface area contributed by atoms with E-state index in [4.69, 9.17) is 24.2 Å². The molecule has 0 amide bonds. The highest BCUT2D eigenvalue weighted by molar-refractivity contribution is 8.00. The zero-order valence-electron chi connectivity index (χ0n) is 32.6. The molecular weight excluding hydrogens is 739 g/mol. The van der Waals surface area contributed by atoms with Crippen LogP contribution in [-0.2, 0) is 16.2 Å². The second-order valence-corrected chi connectivity index (χ2v) is 18.2. The van der Waals surface area contributed by atoms with Crippen molar-refractivity contribution in [1.82, 2.24) is 0 Å². The molecule has 3 aliphatic carbocycles. The summed E-state index contributed by atoms with van der Waals surface area (Å²) in [6.07, 6.45) is 15.2. The minimum atomic E-state index is -0.941. The zero-order valence-corrected chi connectivity index (χ0v) is 34.3. The van der Waals surface area contributed by atoms with Crippen LogP contribution in [0.5, 0.6) is 11.5 Å². The number of allylic oxidation sites excluding steroid dienone is 1. The second-order valence-electron chi connectivity index (χ2n) is 15.6. The standard InChI is InChI=1S/C47H59NO6S2/c1-2-27-52-47-44(56-38-20-9-10-21-38)32-42(48-53-33-34-15-5-3-6-16-34)40-30-35(17-11-13-25-49)39(22-12-14-26-50)45(46(40)47)41-31-36(23-24-43(41)54-47)51-28-29-55-37-18-7-4-8-19-37/h2-8,15-16,18-19,23-24,30-31,35,38-39,44-46,49-50H,1,9-14,17,20-22,25-29,32-33H2/t35-,39+,44-,45+,46+,47+/m0/s1. The monoisotopic (exact) mass is 797 g/mol. The van der Waals surface area contributed by atoms with Crippen molar-refractivity contribution in [3.05, 3.63) is 114 Å². The molecule has 2 N–H and O–H groups in total. The number of oxime groups is 1. The van der Waals surface area contributed by atoms with Gasteiger partial charge in [-0.2, -0.15) is 0 Å². The molecule has 4 aliphatic rings. The van der Waals surface area contributed by atoms with Crippen molar-refractivity contribution in [1.29, 1.82) is 0 Å². The Labute approximate surface area is 342 Å². The second kappa shape index (κ2) is 20.5. The van der Waals surface area contributed by atoms with Gasteiger partial charge in [-0.1, -0.05) is 91.5 Å². The molecule has 0 saturated heterocycles. The van der Waals surface area contributed by atoms with Gasteiger partial charge in [-0.25, -0.2) is 0 Å². The first-order valence-corrected chi connectivity index (χ1v) is 22.8. The van der Waals surface area contributed by atoms with Crippen LogP contribution in [0, 0.1) is 17.8 Å². The maximum Gasteiger partial charge on any atom is 0.230 e. The summed E-state index contributed by atoms with van der Waals surface area (Å²) in [7, 11) is 0. The summed E-state index contributed by atoms with van der Waals surface area (Å²) in [5, 5.41) is 25.3. The molecule has 300 valence electrons. The molecule has 56 heavy (non-hydrogen) atoms. The van der Waals surface area contributed by atoms with Crippen LogP contribution in [0.25, 0.3) is 0 Å². The predicted molar refractivity (Wildman–Crippen MR) is 229 cm³/mol. The lowest BCUT2D eigenvalue weighted by Crippen LogP contribution is -2.64. The molecule has 0 radical (unpaired) electrons. The van der Waals surface area contributed by atoms with E-state index in [1.807, 2.05) is 42.1 Å². The fraction of sp³-hybridized carbons (Fsp3) is 0.511. The quantitative estimate of drug-likeness (QED) is 0.0477. The lowest BCUT2D eigenvalue weighted by Gasteiger charge is -2.58. The van der Waals surface area contributed by atoms with E-state index in [-0.39, 0.29) is 42.1 Å². The SMILES string of the molecule is C=CCO[C@@]12Oc3ccc(OCCSc4ccccc4)cc3[C@H]3[C@H](CCCCO)[C@@H](CCCCO)C=C(C(=NOCc4ccccc4)C[C@@H]1SC1CCCC1)[C@H]32. The van der Waals surface area contributed by atoms with Crippen LogP contribution in [0.3, 0.4) is 0 Å². The van der Waals surface area contributed by atoms with Crippen molar-refractivity contribution in [2.75, 3.05) is 32.2 Å². The molecule has 0 bridgehead atoms. The van der Waals surface area contributed by atoms with E-state index >= 15 is 0 Å². The van der Waals surface area contributed by atoms with Crippen LogP contribution in [0.15, 0.2) is 113 Å². The van der Waals surface area contributed by atoms with Gasteiger partial charge >= 0.3 is 0 Å². The van der Waals surface area contributed by atoms with E-state index in [1.165, 1.54) is 36.2 Å². The number of hydrogen-bond acceptors (Lipinski definition) is 9. The predicted octanol–water partition coefficient (Wildman–Crippen LogP) is 10.4. The average molecular weight is 798 g/mol. The first-order chi connectivity index (χ1) is 27.6. The Balaban J connectivity index is 1.31. The Morgan fingerprint density at radius 2 is 1.66 bits per heavy atom. The fourth-order valence-electron chi connectivity index (χ4n) is 9.39. The van der Waals surface area contributed by atoms with Gasteiger partial charge in [0.15, 0.2) is 0 Å². The van der Waals surface area contributed by atoms with E-state index in [2.05, 4.69) is 67.3 Å². The lowest BCUT2D eigenvalue weighted by molar-refractivity contribution is -0.223. The summed E-state index contributed by atoms with van der Waals surface area (Å²) in [6, 6.07) is 27.1. The van der Waals surface area contributed by atoms with E-state index in [1.54, 1.807) is 11.8 Å². The minimum Gasteiger partial charge on any atom is -0.493 e. The number of thioether (sulfide) groups is 2. The Hall–Kier alpha value is -3.21.